The molecule has 0 aromatic heterocycles. The third-order valence-electron chi connectivity index (χ3n) is 2.30. The predicted molar refractivity (Wildman–Crippen MR) is 67.0 cm³/mol. The van der Waals surface area contributed by atoms with Gasteiger partial charge in [0.2, 0.25) is 0 Å². The SMILES string of the molecule is CCCN(CC)c1cc(Br)ccc1C#N. The Hall–Kier alpha value is -1.01. The van der Waals surface area contributed by atoms with Gasteiger partial charge in [0.25, 0.3) is 0 Å². The van der Waals surface area contributed by atoms with E-state index in [2.05, 4.69) is 40.7 Å². The second-order valence-corrected chi connectivity index (χ2v) is 4.27. The molecule has 15 heavy (non-hydrogen) atoms. The van der Waals surface area contributed by atoms with Crippen LogP contribution in [0.3, 0.4) is 0 Å². The summed E-state index contributed by atoms with van der Waals surface area (Å²) in [5.74, 6) is 0. The van der Waals surface area contributed by atoms with E-state index in [1.807, 2.05) is 18.2 Å². The van der Waals surface area contributed by atoms with Gasteiger partial charge in [-0.1, -0.05) is 22.9 Å². The lowest BCUT2D eigenvalue weighted by molar-refractivity contribution is 0.790. The monoisotopic (exact) mass is 266 g/mol. The molecule has 0 saturated carbocycles. The van der Waals surface area contributed by atoms with Crippen LogP contribution in [0.2, 0.25) is 0 Å². The molecule has 0 saturated heterocycles. The van der Waals surface area contributed by atoms with Crippen molar-refractivity contribution in [1.82, 2.24) is 0 Å². The summed E-state index contributed by atoms with van der Waals surface area (Å²) in [6.07, 6.45) is 1.09. The Kier molecular flexibility index (Phi) is 4.64. The summed E-state index contributed by atoms with van der Waals surface area (Å²) < 4.78 is 1.02. The summed E-state index contributed by atoms with van der Waals surface area (Å²) in [5.41, 5.74) is 1.77. The molecule has 0 aliphatic carbocycles. The van der Waals surface area contributed by atoms with Gasteiger partial charge in [-0.15, -0.1) is 0 Å². The van der Waals surface area contributed by atoms with Crippen LogP contribution in [0.4, 0.5) is 5.69 Å². The van der Waals surface area contributed by atoms with Gasteiger partial charge < -0.3 is 4.90 Å². The van der Waals surface area contributed by atoms with Crippen LogP contribution >= 0.6 is 15.9 Å². The van der Waals surface area contributed by atoms with Crippen LogP contribution in [0.5, 0.6) is 0 Å². The van der Waals surface area contributed by atoms with Gasteiger partial charge in [-0.2, -0.15) is 5.26 Å². The number of benzene rings is 1. The number of nitrogens with zero attached hydrogens (tertiary/aromatic N) is 2. The highest BCUT2D eigenvalue weighted by Crippen LogP contribution is 2.24. The molecule has 0 radical (unpaired) electrons. The molecule has 1 aromatic carbocycles. The van der Waals surface area contributed by atoms with E-state index in [-0.39, 0.29) is 0 Å². The molecule has 1 rings (SSSR count). The van der Waals surface area contributed by atoms with Gasteiger partial charge in [-0.05, 0) is 31.5 Å². The van der Waals surface area contributed by atoms with E-state index >= 15 is 0 Å². The molecule has 0 amide bonds. The standard InChI is InChI=1S/C12H15BrN2/c1-3-7-15(4-2)12-8-11(13)6-5-10(12)9-14/h5-6,8H,3-4,7H2,1-2H3. The molecule has 0 spiro atoms. The first-order valence-corrected chi connectivity index (χ1v) is 5.96. The van der Waals surface area contributed by atoms with Gasteiger partial charge >= 0.3 is 0 Å². The van der Waals surface area contributed by atoms with Crippen molar-refractivity contribution in [2.45, 2.75) is 20.3 Å². The summed E-state index contributed by atoms with van der Waals surface area (Å²) in [6, 6.07) is 8.01. The van der Waals surface area contributed by atoms with Crippen molar-refractivity contribution in [3.63, 3.8) is 0 Å². The van der Waals surface area contributed by atoms with Gasteiger partial charge in [-0.25, -0.2) is 0 Å². The lowest BCUT2D eigenvalue weighted by Gasteiger charge is -2.23. The molecule has 3 heteroatoms. The highest BCUT2D eigenvalue weighted by Gasteiger charge is 2.09. The first-order chi connectivity index (χ1) is 7.22. The van der Waals surface area contributed by atoms with Crippen LogP contribution in [0.1, 0.15) is 25.8 Å². The molecular formula is C12H15BrN2. The Balaban J connectivity index is 3.09. The summed E-state index contributed by atoms with van der Waals surface area (Å²) in [5, 5.41) is 9.03. The largest absolute Gasteiger partial charge is 0.371 e. The van der Waals surface area contributed by atoms with E-state index in [1.165, 1.54) is 0 Å². The van der Waals surface area contributed by atoms with Crippen molar-refractivity contribution in [2.75, 3.05) is 18.0 Å². The minimum absolute atomic E-state index is 0.744. The Bertz CT molecular complexity index is 368. The van der Waals surface area contributed by atoms with E-state index in [9.17, 15) is 0 Å². The molecule has 0 atom stereocenters. The van der Waals surface area contributed by atoms with Crippen LogP contribution in [-0.2, 0) is 0 Å². The van der Waals surface area contributed by atoms with E-state index in [0.717, 1.165) is 35.2 Å². The normalized spacial score (nSPS) is 9.73. The van der Waals surface area contributed by atoms with Crippen molar-refractivity contribution in [2.24, 2.45) is 0 Å². The number of hydrogen-bond donors (Lipinski definition) is 0. The lowest BCUT2D eigenvalue weighted by Crippen LogP contribution is -2.24. The summed E-state index contributed by atoms with van der Waals surface area (Å²) >= 11 is 3.44. The van der Waals surface area contributed by atoms with Crippen molar-refractivity contribution >= 4 is 21.6 Å². The molecular weight excluding hydrogens is 252 g/mol. The van der Waals surface area contributed by atoms with Gasteiger partial charge in [0.05, 0.1) is 11.3 Å². The maximum atomic E-state index is 9.03. The summed E-state index contributed by atoms with van der Waals surface area (Å²) in [4.78, 5) is 2.23. The van der Waals surface area contributed by atoms with Crippen molar-refractivity contribution < 1.29 is 0 Å². The van der Waals surface area contributed by atoms with Crippen LogP contribution in [0.25, 0.3) is 0 Å². The first-order valence-electron chi connectivity index (χ1n) is 5.17. The fraction of sp³-hybridized carbons (Fsp3) is 0.417. The summed E-state index contributed by atoms with van der Waals surface area (Å²) in [6.45, 7) is 6.17. The minimum atomic E-state index is 0.744. The van der Waals surface area contributed by atoms with Crippen LogP contribution in [-0.4, -0.2) is 13.1 Å². The Morgan fingerprint density at radius 2 is 2.13 bits per heavy atom. The van der Waals surface area contributed by atoms with Gasteiger partial charge in [0.15, 0.2) is 0 Å². The molecule has 0 aliphatic heterocycles. The minimum Gasteiger partial charge on any atom is -0.371 e. The summed E-state index contributed by atoms with van der Waals surface area (Å²) in [7, 11) is 0. The zero-order chi connectivity index (χ0) is 11.3. The number of rotatable bonds is 4. The molecule has 1 aromatic rings. The smallest absolute Gasteiger partial charge is 0.101 e. The van der Waals surface area contributed by atoms with Gasteiger partial charge in [0.1, 0.15) is 6.07 Å². The first kappa shape index (κ1) is 12.1. The van der Waals surface area contributed by atoms with Crippen molar-refractivity contribution in [3.8, 4) is 6.07 Å². The number of hydrogen-bond acceptors (Lipinski definition) is 2. The Labute approximate surface area is 99.6 Å². The van der Waals surface area contributed by atoms with Crippen LogP contribution in [0.15, 0.2) is 22.7 Å². The van der Waals surface area contributed by atoms with Crippen molar-refractivity contribution in [3.05, 3.63) is 28.2 Å². The molecule has 0 N–H and O–H groups in total. The van der Waals surface area contributed by atoms with Gasteiger partial charge in [-0.3, -0.25) is 0 Å². The molecule has 0 unspecified atom stereocenters. The zero-order valence-electron chi connectivity index (χ0n) is 9.13. The topological polar surface area (TPSA) is 27.0 Å². The highest BCUT2D eigenvalue weighted by molar-refractivity contribution is 9.10. The molecule has 0 fully saturated rings. The van der Waals surface area contributed by atoms with E-state index < -0.39 is 0 Å². The quantitative estimate of drug-likeness (QED) is 0.834. The molecule has 0 heterocycles. The van der Waals surface area contributed by atoms with Crippen LogP contribution in [0, 0.1) is 11.3 Å². The number of nitriles is 1. The maximum Gasteiger partial charge on any atom is 0.101 e. The van der Waals surface area contributed by atoms with Crippen LogP contribution < -0.4 is 4.90 Å². The predicted octanol–water partition coefficient (Wildman–Crippen LogP) is 3.56. The van der Waals surface area contributed by atoms with E-state index in [1.54, 1.807) is 0 Å². The Morgan fingerprint density at radius 3 is 2.67 bits per heavy atom. The third-order valence-corrected chi connectivity index (χ3v) is 2.79. The fourth-order valence-electron chi connectivity index (χ4n) is 1.58. The zero-order valence-corrected chi connectivity index (χ0v) is 10.7. The Morgan fingerprint density at radius 1 is 1.40 bits per heavy atom. The molecule has 80 valence electrons. The van der Waals surface area contributed by atoms with Crippen molar-refractivity contribution in [1.29, 1.82) is 5.26 Å². The molecule has 0 bridgehead atoms. The fourth-order valence-corrected chi connectivity index (χ4v) is 1.93. The second kappa shape index (κ2) is 5.77. The average Bonchev–Trinajstić information content (AvgIpc) is 2.26. The highest BCUT2D eigenvalue weighted by atomic mass is 79.9. The second-order valence-electron chi connectivity index (χ2n) is 3.35. The molecule has 2 nitrogen and oxygen atoms in total. The average molecular weight is 267 g/mol. The molecule has 0 aliphatic rings. The third kappa shape index (κ3) is 2.97. The van der Waals surface area contributed by atoms with E-state index in [4.69, 9.17) is 5.26 Å². The lowest BCUT2D eigenvalue weighted by atomic mass is 10.1. The number of anilines is 1. The van der Waals surface area contributed by atoms with Gasteiger partial charge in [0, 0.05) is 17.6 Å². The van der Waals surface area contributed by atoms with E-state index in [0.29, 0.717) is 0 Å². The maximum absolute atomic E-state index is 9.03. The number of halogens is 1.